The number of nitrogens with zero attached hydrogens (tertiary/aromatic N) is 5. The predicted octanol–water partition coefficient (Wildman–Crippen LogP) is 1.86. The smallest absolute Gasteiger partial charge is 0.309 e. The Morgan fingerprint density at radius 2 is 1.96 bits per heavy atom. The van der Waals surface area contributed by atoms with Crippen molar-refractivity contribution in [1.29, 1.82) is 0 Å². The molecule has 8 heteroatoms. The summed E-state index contributed by atoms with van der Waals surface area (Å²) in [5.41, 5.74) is 1.10. The van der Waals surface area contributed by atoms with Gasteiger partial charge in [-0.25, -0.2) is 0 Å². The number of rotatable bonds is 3. The van der Waals surface area contributed by atoms with Gasteiger partial charge in [-0.15, -0.1) is 12.4 Å². The fourth-order valence-corrected chi connectivity index (χ4v) is 3.64. The standard InChI is InChI=1S/C16H19N5O2.ClH/c1-23-14(22)13-11-16(13)7-9-20(10-8-16)15-17-18-19-21(15)12-5-3-2-4-6-12;/h2-6,13H,7-11H2,1H3;1H. The minimum Gasteiger partial charge on any atom is -0.469 e. The number of para-hydroxylation sites is 1. The summed E-state index contributed by atoms with van der Waals surface area (Å²) in [5.74, 6) is 0.786. The van der Waals surface area contributed by atoms with E-state index < -0.39 is 0 Å². The maximum atomic E-state index is 11.7. The summed E-state index contributed by atoms with van der Waals surface area (Å²) in [6.45, 7) is 1.72. The second-order valence-corrected chi connectivity index (χ2v) is 6.36. The van der Waals surface area contributed by atoms with Crippen LogP contribution in [0.1, 0.15) is 19.3 Å². The zero-order chi connectivity index (χ0) is 15.9. The molecule has 2 aromatic rings. The van der Waals surface area contributed by atoms with E-state index >= 15 is 0 Å². The van der Waals surface area contributed by atoms with Crippen LogP contribution < -0.4 is 4.90 Å². The highest BCUT2D eigenvalue weighted by Crippen LogP contribution is 2.59. The second kappa shape index (κ2) is 6.39. The van der Waals surface area contributed by atoms with Crippen molar-refractivity contribution >= 4 is 24.3 Å². The minimum atomic E-state index is -0.0624. The molecule has 7 nitrogen and oxygen atoms in total. The van der Waals surface area contributed by atoms with E-state index in [0.29, 0.717) is 0 Å². The molecule has 4 rings (SSSR count). The van der Waals surface area contributed by atoms with Crippen molar-refractivity contribution < 1.29 is 9.53 Å². The summed E-state index contributed by atoms with van der Waals surface area (Å²) in [6, 6.07) is 9.88. The number of ether oxygens (including phenoxy) is 1. The lowest BCUT2D eigenvalue weighted by molar-refractivity contribution is -0.143. The van der Waals surface area contributed by atoms with Crippen LogP contribution >= 0.6 is 12.4 Å². The van der Waals surface area contributed by atoms with Gasteiger partial charge in [0, 0.05) is 13.1 Å². The van der Waals surface area contributed by atoms with Gasteiger partial charge in [-0.3, -0.25) is 4.79 Å². The molecule has 1 spiro atoms. The van der Waals surface area contributed by atoms with E-state index in [-0.39, 0.29) is 29.7 Å². The highest BCUT2D eigenvalue weighted by molar-refractivity contribution is 5.85. The first-order chi connectivity index (χ1) is 11.2. The predicted molar refractivity (Wildman–Crippen MR) is 90.4 cm³/mol. The third-order valence-corrected chi connectivity index (χ3v) is 5.17. The largest absolute Gasteiger partial charge is 0.469 e. The number of benzene rings is 1. The van der Waals surface area contributed by atoms with Crippen LogP contribution in [0.4, 0.5) is 5.95 Å². The van der Waals surface area contributed by atoms with Gasteiger partial charge < -0.3 is 9.64 Å². The maximum Gasteiger partial charge on any atom is 0.309 e. The van der Waals surface area contributed by atoms with Crippen molar-refractivity contribution in [2.75, 3.05) is 25.1 Å². The molecular formula is C16H20ClN5O2. The Kier molecular flexibility index (Phi) is 4.45. The lowest BCUT2D eigenvalue weighted by atomic mass is 9.91. The average Bonchev–Trinajstić information content (AvgIpc) is 3.08. The number of carbonyl (C=O) groups excluding carboxylic acids is 1. The molecule has 1 aromatic carbocycles. The number of methoxy groups -OCH3 is 1. The van der Waals surface area contributed by atoms with E-state index in [0.717, 1.165) is 44.0 Å². The molecular weight excluding hydrogens is 330 g/mol. The molecule has 0 amide bonds. The van der Waals surface area contributed by atoms with Crippen LogP contribution in [0.15, 0.2) is 30.3 Å². The molecule has 128 valence electrons. The van der Waals surface area contributed by atoms with Crippen molar-refractivity contribution in [2.24, 2.45) is 11.3 Å². The Bertz CT molecular complexity index is 712. The van der Waals surface area contributed by atoms with Crippen LogP contribution in [-0.4, -0.2) is 46.4 Å². The summed E-state index contributed by atoms with van der Waals surface area (Å²) in [5, 5.41) is 12.1. The monoisotopic (exact) mass is 349 g/mol. The molecule has 24 heavy (non-hydrogen) atoms. The van der Waals surface area contributed by atoms with Gasteiger partial charge in [-0.2, -0.15) is 4.68 Å². The lowest BCUT2D eigenvalue weighted by Crippen LogP contribution is -2.37. The Morgan fingerprint density at radius 1 is 1.25 bits per heavy atom. The van der Waals surface area contributed by atoms with Crippen molar-refractivity contribution in [3.05, 3.63) is 30.3 Å². The molecule has 1 atom stereocenters. The van der Waals surface area contributed by atoms with E-state index in [4.69, 9.17) is 4.74 Å². The van der Waals surface area contributed by atoms with E-state index in [2.05, 4.69) is 20.4 Å². The fourth-order valence-electron chi connectivity index (χ4n) is 3.64. The molecule has 1 saturated carbocycles. The molecule has 1 aliphatic heterocycles. The Labute approximate surface area is 146 Å². The molecule has 1 saturated heterocycles. The first-order valence-corrected chi connectivity index (χ1v) is 7.90. The Balaban J connectivity index is 0.00000169. The highest BCUT2D eigenvalue weighted by Gasteiger charge is 2.59. The molecule has 2 fully saturated rings. The fraction of sp³-hybridized carbons (Fsp3) is 0.500. The zero-order valence-electron chi connectivity index (χ0n) is 13.5. The van der Waals surface area contributed by atoms with Crippen molar-refractivity contribution in [2.45, 2.75) is 19.3 Å². The normalized spacial score (nSPS) is 21.2. The van der Waals surface area contributed by atoms with E-state index in [1.54, 1.807) is 4.68 Å². The average molecular weight is 350 g/mol. The van der Waals surface area contributed by atoms with Crippen LogP contribution in [0.5, 0.6) is 0 Å². The summed E-state index contributed by atoms with van der Waals surface area (Å²) in [4.78, 5) is 13.9. The number of esters is 1. The number of hydrogen-bond donors (Lipinski definition) is 0. The highest BCUT2D eigenvalue weighted by atomic mass is 35.5. The molecule has 0 N–H and O–H groups in total. The first-order valence-electron chi connectivity index (χ1n) is 7.90. The van der Waals surface area contributed by atoms with Crippen LogP contribution in [0.3, 0.4) is 0 Å². The topological polar surface area (TPSA) is 73.1 Å². The third-order valence-electron chi connectivity index (χ3n) is 5.17. The molecule has 1 aromatic heterocycles. The van der Waals surface area contributed by atoms with Gasteiger partial charge in [0.15, 0.2) is 0 Å². The molecule has 2 heterocycles. The second-order valence-electron chi connectivity index (χ2n) is 6.36. The van der Waals surface area contributed by atoms with Gasteiger partial charge in [0.25, 0.3) is 0 Å². The number of aromatic nitrogens is 4. The quantitative estimate of drug-likeness (QED) is 0.787. The Morgan fingerprint density at radius 3 is 2.62 bits per heavy atom. The zero-order valence-corrected chi connectivity index (χ0v) is 14.3. The van der Waals surface area contributed by atoms with Crippen molar-refractivity contribution in [3.63, 3.8) is 0 Å². The van der Waals surface area contributed by atoms with Gasteiger partial charge >= 0.3 is 5.97 Å². The maximum absolute atomic E-state index is 11.7. The SMILES string of the molecule is COC(=O)C1CC12CCN(c1nnnn1-c1ccccc1)CC2.Cl. The minimum absolute atomic E-state index is 0. The van der Waals surface area contributed by atoms with Crippen LogP contribution in [0, 0.1) is 11.3 Å². The molecule has 0 radical (unpaired) electrons. The first kappa shape index (κ1) is 16.7. The molecule has 0 bridgehead atoms. The number of hydrogen-bond acceptors (Lipinski definition) is 6. The van der Waals surface area contributed by atoms with Crippen LogP contribution in [0.25, 0.3) is 5.69 Å². The van der Waals surface area contributed by atoms with Gasteiger partial charge in [0.1, 0.15) is 0 Å². The van der Waals surface area contributed by atoms with Crippen LogP contribution in [0.2, 0.25) is 0 Å². The number of anilines is 1. The molecule has 1 aliphatic carbocycles. The summed E-state index contributed by atoms with van der Waals surface area (Å²) >= 11 is 0. The van der Waals surface area contributed by atoms with Gasteiger partial charge in [0.05, 0.1) is 18.7 Å². The third kappa shape index (κ3) is 2.73. The molecule has 1 unspecified atom stereocenters. The number of carbonyl (C=O) groups is 1. The summed E-state index contributed by atoms with van der Waals surface area (Å²) in [7, 11) is 1.47. The summed E-state index contributed by atoms with van der Waals surface area (Å²) in [6.07, 6.45) is 2.92. The van der Waals surface area contributed by atoms with Gasteiger partial charge in [0.2, 0.25) is 5.95 Å². The van der Waals surface area contributed by atoms with E-state index in [1.807, 2.05) is 30.3 Å². The number of tetrazole rings is 1. The van der Waals surface area contributed by atoms with E-state index in [1.165, 1.54) is 7.11 Å². The van der Waals surface area contributed by atoms with Crippen LogP contribution in [-0.2, 0) is 9.53 Å². The Hall–Kier alpha value is -2.15. The van der Waals surface area contributed by atoms with E-state index in [9.17, 15) is 4.79 Å². The van der Waals surface area contributed by atoms with Gasteiger partial charge in [-0.05, 0) is 47.2 Å². The number of halogens is 1. The van der Waals surface area contributed by atoms with Crippen molar-refractivity contribution in [3.8, 4) is 5.69 Å². The summed E-state index contributed by atoms with van der Waals surface area (Å²) < 4.78 is 6.66. The lowest BCUT2D eigenvalue weighted by Gasteiger charge is -2.32. The molecule has 2 aliphatic rings. The van der Waals surface area contributed by atoms with Gasteiger partial charge in [-0.1, -0.05) is 23.3 Å². The number of piperidine rings is 1. The van der Waals surface area contributed by atoms with Crippen molar-refractivity contribution in [1.82, 2.24) is 20.2 Å².